The maximum Gasteiger partial charge on any atom is 0.311 e. The van der Waals surface area contributed by atoms with Crippen molar-refractivity contribution in [1.29, 1.82) is 5.41 Å². The number of rotatable bonds is 5. The van der Waals surface area contributed by atoms with Crippen LogP contribution in [0.4, 0.5) is 0 Å². The molecule has 0 aliphatic heterocycles. The van der Waals surface area contributed by atoms with Crippen LogP contribution >= 0.6 is 0 Å². The predicted octanol–water partition coefficient (Wildman–Crippen LogP) is -0.328. The van der Waals surface area contributed by atoms with Crippen LogP contribution in [-0.4, -0.2) is 31.7 Å². The summed E-state index contributed by atoms with van der Waals surface area (Å²) < 4.78 is 27.3. The van der Waals surface area contributed by atoms with Crippen molar-refractivity contribution in [1.82, 2.24) is 0 Å². The molecule has 6 nitrogen and oxygen atoms in total. The van der Waals surface area contributed by atoms with Crippen LogP contribution in [0.3, 0.4) is 0 Å². The molecule has 0 aliphatic rings. The van der Waals surface area contributed by atoms with E-state index in [0.717, 1.165) is 0 Å². The van der Waals surface area contributed by atoms with Gasteiger partial charge in [0.25, 0.3) is 0 Å². The lowest BCUT2D eigenvalue weighted by Crippen LogP contribution is -2.19. The first-order valence-electron chi connectivity index (χ1n) is 4.43. The standard InChI is InChI=1S/C9H12N2O4S/c10-9(11)7-3-1-2-4-8(7)15-16(13,14)6-5-12/h1-4,12H,5-6H2,(H3,10,11). The number of aliphatic hydroxyl groups is 1. The van der Waals surface area contributed by atoms with Crippen molar-refractivity contribution in [2.45, 2.75) is 0 Å². The Morgan fingerprint density at radius 2 is 2.06 bits per heavy atom. The van der Waals surface area contributed by atoms with Gasteiger partial charge in [-0.25, -0.2) is 0 Å². The molecule has 0 heterocycles. The highest BCUT2D eigenvalue weighted by Gasteiger charge is 2.15. The highest BCUT2D eigenvalue weighted by atomic mass is 32.2. The van der Waals surface area contributed by atoms with Gasteiger partial charge in [-0.2, -0.15) is 8.42 Å². The number of nitrogens with one attached hydrogen (secondary N) is 1. The molecule has 0 unspecified atom stereocenters. The summed E-state index contributed by atoms with van der Waals surface area (Å²) in [6, 6.07) is 6.05. The zero-order valence-electron chi connectivity index (χ0n) is 8.38. The minimum Gasteiger partial charge on any atom is -0.395 e. The molecule has 7 heteroatoms. The molecule has 0 aliphatic carbocycles. The first kappa shape index (κ1) is 12.5. The van der Waals surface area contributed by atoms with Crippen molar-refractivity contribution >= 4 is 16.0 Å². The quantitative estimate of drug-likeness (QED) is 0.373. The molecule has 16 heavy (non-hydrogen) atoms. The van der Waals surface area contributed by atoms with Crippen LogP contribution in [0.25, 0.3) is 0 Å². The van der Waals surface area contributed by atoms with Gasteiger partial charge >= 0.3 is 10.1 Å². The Bertz CT molecular complexity index is 484. The van der Waals surface area contributed by atoms with Gasteiger partial charge in [-0.1, -0.05) is 12.1 Å². The maximum absolute atomic E-state index is 11.3. The second-order valence-electron chi connectivity index (χ2n) is 2.98. The average molecular weight is 244 g/mol. The van der Waals surface area contributed by atoms with E-state index in [9.17, 15) is 8.42 Å². The van der Waals surface area contributed by atoms with Gasteiger partial charge < -0.3 is 15.0 Å². The molecular formula is C9H12N2O4S. The Kier molecular flexibility index (Phi) is 3.86. The van der Waals surface area contributed by atoms with Crippen LogP contribution in [0.5, 0.6) is 5.75 Å². The molecular weight excluding hydrogens is 232 g/mol. The highest BCUT2D eigenvalue weighted by Crippen LogP contribution is 2.19. The summed E-state index contributed by atoms with van der Waals surface area (Å²) in [5, 5.41) is 15.8. The lowest BCUT2D eigenvalue weighted by Gasteiger charge is -2.09. The Hall–Kier alpha value is -1.60. The van der Waals surface area contributed by atoms with Crippen molar-refractivity contribution in [2.75, 3.05) is 12.4 Å². The van der Waals surface area contributed by atoms with Gasteiger partial charge in [-0.15, -0.1) is 0 Å². The molecule has 88 valence electrons. The van der Waals surface area contributed by atoms with Crippen molar-refractivity contribution in [3.8, 4) is 5.75 Å². The number of nitrogens with two attached hydrogens (primary N) is 1. The Morgan fingerprint density at radius 1 is 1.44 bits per heavy atom. The molecule has 0 saturated heterocycles. The fraction of sp³-hybridized carbons (Fsp3) is 0.222. The number of aliphatic hydroxyl groups excluding tert-OH is 1. The van der Waals surface area contributed by atoms with Gasteiger partial charge in [0.1, 0.15) is 11.6 Å². The number of nitrogen functional groups attached to an aromatic ring is 1. The largest absolute Gasteiger partial charge is 0.395 e. The fourth-order valence-electron chi connectivity index (χ4n) is 1.05. The number of para-hydroxylation sites is 1. The fourth-order valence-corrected chi connectivity index (χ4v) is 1.78. The zero-order valence-corrected chi connectivity index (χ0v) is 9.20. The smallest absolute Gasteiger partial charge is 0.311 e. The van der Waals surface area contributed by atoms with Gasteiger partial charge in [-0.3, -0.25) is 5.41 Å². The van der Waals surface area contributed by atoms with Gasteiger partial charge in [0, 0.05) is 0 Å². The molecule has 0 bridgehead atoms. The van der Waals surface area contributed by atoms with Crippen molar-refractivity contribution in [3.05, 3.63) is 29.8 Å². The summed E-state index contributed by atoms with van der Waals surface area (Å²) >= 11 is 0. The van der Waals surface area contributed by atoms with E-state index in [-0.39, 0.29) is 17.1 Å². The summed E-state index contributed by atoms with van der Waals surface area (Å²) in [6.45, 7) is -0.523. The lowest BCUT2D eigenvalue weighted by molar-refractivity contribution is 0.315. The van der Waals surface area contributed by atoms with Crippen LogP contribution in [0.2, 0.25) is 0 Å². The molecule has 0 atom stereocenters. The summed E-state index contributed by atoms with van der Waals surface area (Å²) in [6.07, 6.45) is 0. The molecule has 0 amide bonds. The minimum absolute atomic E-state index is 0.0107. The molecule has 0 radical (unpaired) electrons. The second-order valence-corrected chi connectivity index (χ2v) is 4.67. The first-order chi connectivity index (χ1) is 7.46. The second kappa shape index (κ2) is 4.95. The van der Waals surface area contributed by atoms with Crippen LogP contribution in [0, 0.1) is 5.41 Å². The number of hydrogen-bond acceptors (Lipinski definition) is 5. The van der Waals surface area contributed by atoms with Crippen LogP contribution in [-0.2, 0) is 10.1 Å². The SMILES string of the molecule is N=C(N)c1ccccc1OS(=O)(=O)CCO. The van der Waals surface area contributed by atoms with Crippen LogP contribution in [0.15, 0.2) is 24.3 Å². The first-order valence-corrected chi connectivity index (χ1v) is 6.00. The lowest BCUT2D eigenvalue weighted by atomic mass is 10.2. The van der Waals surface area contributed by atoms with E-state index < -0.39 is 22.5 Å². The Labute approximate surface area is 93.3 Å². The van der Waals surface area contributed by atoms with Crippen molar-refractivity contribution in [2.24, 2.45) is 5.73 Å². The summed E-state index contributed by atoms with van der Waals surface area (Å²) in [4.78, 5) is 0. The van der Waals surface area contributed by atoms with E-state index in [1.54, 1.807) is 12.1 Å². The van der Waals surface area contributed by atoms with Crippen molar-refractivity contribution in [3.63, 3.8) is 0 Å². The number of hydrogen-bond donors (Lipinski definition) is 3. The third-order valence-electron chi connectivity index (χ3n) is 1.74. The normalized spacial score (nSPS) is 11.1. The third kappa shape index (κ3) is 3.21. The third-order valence-corrected chi connectivity index (χ3v) is 2.85. The van der Waals surface area contributed by atoms with Crippen LogP contribution in [0.1, 0.15) is 5.56 Å². The highest BCUT2D eigenvalue weighted by molar-refractivity contribution is 7.87. The monoisotopic (exact) mass is 244 g/mol. The summed E-state index contributed by atoms with van der Waals surface area (Å²) in [5.41, 5.74) is 5.46. The van der Waals surface area contributed by atoms with E-state index >= 15 is 0 Å². The molecule has 1 aromatic carbocycles. The molecule has 0 spiro atoms. The van der Waals surface area contributed by atoms with Gasteiger partial charge in [0.15, 0.2) is 5.75 Å². The average Bonchev–Trinajstić information content (AvgIpc) is 2.17. The number of benzene rings is 1. The molecule has 1 rings (SSSR count). The predicted molar refractivity (Wildman–Crippen MR) is 59.0 cm³/mol. The van der Waals surface area contributed by atoms with Crippen molar-refractivity contribution < 1.29 is 17.7 Å². The molecule has 4 N–H and O–H groups in total. The van der Waals surface area contributed by atoms with E-state index in [4.69, 9.17) is 20.4 Å². The van der Waals surface area contributed by atoms with E-state index in [1.807, 2.05) is 0 Å². The van der Waals surface area contributed by atoms with Gasteiger partial charge in [0.2, 0.25) is 0 Å². The molecule has 0 aromatic heterocycles. The molecule has 0 saturated carbocycles. The van der Waals surface area contributed by atoms with Crippen LogP contribution < -0.4 is 9.92 Å². The van der Waals surface area contributed by atoms with Gasteiger partial charge in [0.05, 0.1) is 12.2 Å². The molecule has 0 fully saturated rings. The topological polar surface area (TPSA) is 113 Å². The number of amidine groups is 1. The Balaban J connectivity index is 3.02. The van der Waals surface area contributed by atoms with E-state index in [1.165, 1.54) is 12.1 Å². The van der Waals surface area contributed by atoms with E-state index in [2.05, 4.69) is 0 Å². The zero-order chi connectivity index (χ0) is 12.2. The summed E-state index contributed by atoms with van der Waals surface area (Å²) in [7, 11) is -3.84. The minimum atomic E-state index is -3.84. The molecule has 1 aromatic rings. The van der Waals surface area contributed by atoms with E-state index in [0.29, 0.717) is 0 Å². The summed E-state index contributed by atoms with van der Waals surface area (Å²) in [5.74, 6) is -0.794. The Morgan fingerprint density at radius 3 is 2.62 bits per heavy atom. The maximum atomic E-state index is 11.3. The van der Waals surface area contributed by atoms with Gasteiger partial charge in [-0.05, 0) is 12.1 Å².